The van der Waals surface area contributed by atoms with Gasteiger partial charge < -0.3 is 4.74 Å². The molecule has 0 aliphatic carbocycles. The Morgan fingerprint density at radius 3 is 2.28 bits per heavy atom. The van der Waals surface area contributed by atoms with Crippen LogP contribution in [0.2, 0.25) is 0 Å². The van der Waals surface area contributed by atoms with Crippen molar-refractivity contribution in [1.82, 2.24) is 4.31 Å². The van der Waals surface area contributed by atoms with Crippen LogP contribution in [0.3, 0.4) is 0 Å². The van der Waals surface area contributed by atoms with Crippen molar-refractivity contribution >= 4 is 16.0 Å². The standard InChI is InChI=1S/C19H31NO4S/c1-4-7-8-9-10-17-11-13-18(14-12-17)25(22,23)20(5-2)16-15-19(21)24-6-3/h11-14H,4-10,15-16H2,1-3H3. The number of esters is 1. The van der Waals surface area contributed by atoms with Crippen LogP contribution in [0.25, 0.3) is 0 Å². The van der Waals surface area contributed by atoms with Gasteiger partial charge in [0.05, 0.1) is 17.9 Å². The van der Waals surface area contributed by atoms with Gasteiger partial charge >= 0.3 is 5.97 Å². The van der Waals surface area contributed by atoms with Gasteiger partial charge in [0.25, 0.3) is 0 Å². The maximum absolute atomic E-state index is 12.7. The molecule has 0 unspecified atom stereocenters. The van der Waals surface area contributed by atoms with Gasteiger partial charge in [-0.05, 0) is 37.5 Å². The lowest BCUT2D eigenvalue weighted by Gasteiger charge is -2.20. The van der Waals surface area contributed by atoms with Crippen molar-refractivity contribution < 1.29 is 17.9 Å². The number of rotatable bonds is 12. The second-order valence-corrected chi connectivity index (χ2v) is 7.94. The predicted octanol–water partition coefficient (Wildman–Crippen LogP) is 3.77. The number of hydrogen-bond donors (Lipinski definition) is 0. The molecule has 0 heterocycles. The van der Waals surface area contributed by atoms with Gasteiger partial charge in [-0.15, -0.1) is 0 Å². The highest BCUT2D eigenvalue weighted by molar-refractivity contribution is 7.89. The summed E-state index contributed by atoms with van der Waals surface area (Å²) >= 11 is 0. The Morgan fingerprint density at radius 1 is 1.04 bits per heavy atom. The second kappa shape index (κ2) is 11.3. The minimum Gasteiger partial charge on any atom is -0.466 e. The second-order valence-electron chi connectivity index (χ2n) is 6.01. The molecular weight excluding hydrogens is 338 g/mol. The maximum atomic E-state index is 12.7. The summed E-state index contributed by atoms with van der Waals surface area (Å²) in [5.41, 5.74) is 1.16. The lowest BCUT2D eigenvalue weighted by Crippen LogP contribution is -2.33. The fraction of sp³-hybridized carbons (Fsp3) is 0.632. The third-order valence-corrected chi connectivity index (χ3v) is 6.09. The molecule has 5 nitrogen and oxygen atoms in total. The molecule has 1 aromatic carbocycles. The number of aryl methyl sites for hydroxylation is 1. The first-order valence-corrected chi connectivity index (χ1v) is 10.6. The third-order valence-electron chi connectivity index (χ3n) is 4.10. The zero-order valence-corrected chi connectivity index (χ0v) is 16.5. The van der Waals surface area contributed by atoms with E-state index in [1.54, 1.807) is 26.0 Å². The number of hydrogen-bond acceptors (Lipinski definition) is 4. The zero-order valence-electron chi connectivity index (χ0n) is 15.7. The molecule has 0 bridgehead atoms. The number of benzene rings is 1. The van der Waals surface area contributed by atoms with Crippen LogP contribution in [-0.2, 0) is 26.0 Å². The Kier molecular flexibility index (Phi) is 9.75. The minimum atomic E-state index is -3.58. The van der Waals surface area contributed by atoms with Crippen molar-refractivity contribution in [2.75, 3.05) is 19.7 Å². The maximum Gasteiger partial charge on any atom is 0.307 e. The van der Waals surface area contributed by atoms with E-state index in [1.165, 1.54) is 23.6 Å². The fourth-order valence-electron chi connectivity index (χ4n) is 2.63. The summed E-state index contributed by atoms with van der Waals surface area (Å²) in [6.07, 6.45) is 5.81. The molecule has 142 valence electrons. The van der Waals surface area contributed by atoms with E-state index in [4.69, 9.17) is 4.74 Å². The topological polar surface area (TPSA) is 63.7 Å². The third kappa shape index (κ3) is 7.16. The molecule has 0 N–H and O–H groups in total. The Labute approximate surface area is 152 Å². The van der Waals surface area contributed by atoms with Crippen LogP contribution in [0.4, 0.5) is 0 Å². The van der Waals surface area contributed by atoms with Crippen molar-refractivity contribution in [2.45, 2.75) is 64.2 Å². The molecule has 25 heavy (non-hydrogen) atoms. The molecule has 0 saturated heterocycles. The Bertz CT molecular complexity index is 611. The Morgan fingerprint density at radius 2 is 1.72 bits per heavy atom. The lowest BCUT2D eigenvalue weighted by molar-refractivity contribution is -0.143. The SMILES string of the molecule is CCCCCCc1ccc(S(=O)(=O)N(CC)CCC(=O)OCC)cc1. The normalized spacial score (nSPS) is 11.7. The number of ether oxygens (including phenoxy) is 1. The average Bonchev–Trinajstić information content (AvgIpc) is 2.60. The fourth-order valence-corrected chi connectivity index (χ4v) is 4.08. The van der Waals surface area contributed by atoms with Crippen molar-refractivity contribution in [3.05, 3.63) is 29.8 Å². The van der Waals surface area contributed by atoms with Crippen LogP contribution in [-0.4, -0.2) is 38.4 Å². The van der Waals surface area contributed by atoms with Gasteiger partial charge in [0.15, 0.2) is 0 Å². The van der Waals surface area contributed by atoms with E-state index < -0.39 is 10.0 Å². The van der Waals surface area contributed by atoms with Gasteiger partial charge in [0.2, 0.25) is 10.0 Å². The number of sulfonamides is 1. The van der Waals surface area contributed by atoms with Crippen LogP contribution < -0.4 is 0 Å². The van der Waals surface area contributed by atoms with Crippen LogP contribution in [0.5, 0.6) is 0 Å². The lowest BCUT2D eigenvalue weighted by atomic mass is 10.1. The van der Waals surface area contributed by atoms with Gasteiger partial charge in [-0.25, -0.2) is 8.42 Å². The number of carbonyl (C=O) groups is 1. The molecule has 0 fully saturated rings. The summed E-state index contributed by atoms with van der Waals surface area (Å²) in [4.78, 5) is 11.7. The van der Waals surface area contributed by atoms with E-state index in [1.807, 2.05) is 12.1 Å². The largest absolute Gasteiger partial charge is 0.466 e. The van der Waals surface area contributed by atoms with Crippen molar-refractivity contribution in [1.29, 1.82) is 0 Å². The van der Waals surface area contributed by atoms with Gasteiger partial charge in [0, 0.05) is 13.1 Å². The number of nitrogens with zero attached hydrogens (tertiary/aromatic N) is 1. The molecule has 0 atom stereocenters. The van der Waals surface area contributed by atoms with Crippen LogP contribution in [0.1, 0.15) is 58.4 Å². The molecule has 0 saturated carbocycles. The first kappa shape index (κ1) is 21.6. The van der Waals surface area contributed by atoms with E-state index in [2.05, 4.69) is 6.92 Å². The first-order chi connectivity index (χ1) is 12.0. The van der Waals surface area contributed by atoms with Crippen molar-refractivity contribution in [3.63, 3.8) is 0 Å². The van der Waals surface area contributed by atoms with E-state index in [0.717, 1.165) is 18.4 Å². The first-order valence-electron chi connectivity index (χ1n) is 9.20. The van der Waals surface area contributed by atoms with Crippen LogP contribution >= 0.6 is 0 Å². The average molecular weight is 370 g/mol. The highest BCUT2D eigenvalue weighted by Gasteiger charge is 2.23. The molecule has 0 amide bonds. The summed E-state index contributed by atoms with van der Waals surface area (Å²) in [6.45, 7) is 6.44. The van der Waals surface area contributed by atoms with Crippen molar-refractivity contribution in [2.24, 2.45) is 0 Å². The molecule has 1 rings (SSSR count). The minimum absolute atomic E-state index is 0.0659. The highest BCUT2D eigenvalue weighted by Crippen LogP contribution is 2.18. The summed E-state index contributed by atoms with van der Waals surface area (Å²) in [6, 6.07) is 7.10. The quantitative estimate of drug-likeness (QED) is 0.415. The molecule has 0 radical (unpaired) electrons. The highest BCUT2D eigenvalue weighted by atomic mass is 32.2. The molecule has 1 aromatic rings. The monoisotopic (exact) mass is 369 g/mol. The van der Waals surface area contributed by atoms with Crippen LogP contribution in [0.15, 0.2) is 29.2 Å². The smallest absolute Gasteiger partial charge is 0.307 e. The molecule has 0 aliphatic heterocycles. The Hall–Kier alpha value is -1.40. The van der Waals surface area contributed by atoms with Gasteiger partial charge in [0.1, 0.15) is 0 Å². The number of carbonyl (C=O) groups excluding carboxylic acids is 1. The van der Waals surface area contributed by atoms with E-state index in [9.17, 15) is 13.2 Å². The summed E-state index contributed by atoms with van der Waals surface area (Å²) in [7, 11) is -3.58. The van der Waals surface area contributed by atoms with E-state index in [-0.39, 0.29) is 23.8 Å². The Balaban J connectivity index is 2.70. The van der Waals surface area contributed by atoms with Gasteiger partial charge in [-0.2, -0.15) is 4.31 Å². The van der Waals surface area contributed by atoms with Gasteiger partial charge in [-0.3, -0.25) is 4.79 Å². The summed E-state index contributed by atoms with van der Waals surface area (Å²) < 4.78 is 31.6. The summed E-state index contributed by atoms with van der Waals surface area (Å²) in [5, 5.41) is 0. The van der Waals surface area contributed by atoms with E-state index >= 15 is 0 Å². The zero-order chi connectivity index (χ0) is 18.7. The summed E-state index contributed by atoms with van der Waals surface area (Å²) in [5.74, 6) is -0.376. The molecule has 0 aromatic heterocycles. The molecule has 0 aliphatic rings. The predicted molar refractivity (Wildman–Crippen MR) is 100.0 cm³/mol. The van der Waals surface area contributed by atoms with Crippen molar-refractivity contribution in [3.8, 4) is 0 Å². The number of unbranched alkanes of at least 4 members (excludes halogenated alkanes) is 3. The molecule has 0 spiro atoms. The van der Waals surface area contributed by atoms with E-state index in [0.29, 0.717) is 13.2 Å². The molecular formula is C19H31NO4S. The molecule has 6 heteroatoms. The van der Waals surface area contributed by atoms with Gasteiger partial charge in [-0.1, -0.05) is 45.2 Å². The van der Waals surface area contributed by atoms with Crippen LogP contribution in [0, 0.1) is 0 Å².